The lowest BCUT2D eigenvalue weighted by molar-refractivity contribution is -0.117. The molecule has 0 fully saturated rings. The summed E-state index contributed by atoms with van der Waals surface area (Å²) in [5.41, 5.74) is 1.47. The van der Waals surface area contributed by atoms with Crippen LogP contribution in [0.5, 0.6) is 11.5 Å². The third kappa shape index (κ3) is 4.89. The molecule has 2 aromatic carbocycles. The third-order valence-electron chi connectivity index (χ3n) is 5.59. The van der Waals surface area contributed by atoms with Gasteiger partial charge in [0.05, 0.1) is 28.1 Å². The van der Waals surface area contributed by atoms with Crippen molar-refractivity contribution in [1.29, 1.82) is 0 Å². The number of thiophene rings is 1. The molecule has 1 atom stereocenters. The molecule has 0 saturated heterocycles. The Morgan fingerprint density at radius 3 is 2.65 bits per heavy atom. The number of hydrogen-bond acceptors (Lipinski definition) is 10. The van der Waals surface area contributed by atoms with Gasteiger partial charge in [0.15, 0.2) is 21.6 Å². The molecule has 188 valence electrons. The number of phenolic OH excluding ortho intramolecular Hbond substituents is 1. The van der Waals surface area contributed by atoms with E-state index < -0.39 is 23.5 Å². The summed E-state index contributed by atoms with van der Waals surface area (Å²) < 4.78 is 6.23. The highest BCUT2D eigenvalue weighted by Crippen LogP contribution is 2.47. The average Bonchev–Trinajstić information content (AvgIpc) is 3.66. The van der Waals surface area contributed by atoms with Gasteiger partial charge in [0.1, 0.15) is 0 Å². The van der Waals surface area contributed by atoms with E-state index in [9.17, 15) is 19.8 Å². The van der Waals surface area contributed by atoms with Crippen LogP contribution in [-0.2, 0) is 10.5 Å². The number of aliphatic hydroxyl groups is 1. The molecule has 0 bridgehead atoms. The van der Waals surface area contributed by atoms with E-state index in [1.165, 1.54) is 52.5 Å². The monoisotopic (exact) mass is 615 g/mol. The van der Waals surface area contributed by atoms with Gasteiger partial charge < -0.3 is 14.9 Å². The number of carbonyl (C=O) groups is 2. The second-order valence-corrected chi connectivity index (χ2v) is 11.8. The maximum absolute atomic E-state index is 13.5. The van der Waals surface area contributed by atoms with Crippen LogP contribution < -0.4 is 9.64 Å². The van der Waals surface area contributed by atoms with Crippen molar-refractivity contribution < 1.29 is 24.5 Å². The Morgan fingerprint density at radius 2 is 1.95 bits per heavy atom. The summed E-state index contributed by atoms with van der Waals surface area (Å²) in [7, 11) is 1.40. The molecule has 5 rings (SSSR count). The largest absolute Gasteiger partial charge is 0.503 e. The number of aromatic hydroxyl groups is 1. The lowest BCUT2D eigenvalue weighted by atomic mass is 9.95. The average molecular weight is 617 g/mol. The number of ether oxygens (including phenoxy) is 1. The van der Waals surface area contributed by atoms with Crippen molar-refractivity contribution in [2.75, 3.05) is 12.0 Å². The number of phenols is 1. The number of amides is 1. The van der Waals surface area contributed by atoms with Gasteiger partial charge in [-0.25, -0.2) is 0 Å². The number of aliphatic hydroxyl groups excluding tert-OH is 1. The minimum Gasteiger partial charge on any atom is -0.503 e. The van der Waals surface area contributed by atoms with E-state index in [1.807, 2.05) is 30.3 Å². The smallest absolute Gasteiger partial charge is 0.296 e. The van der Waals surface area contributed by atoms with Crippen LogP contribution in [-0.4, -0.2) is 39.2 Å². The molecule has 2 aromatic heterocycles. The molecule has 1 amide bonds. The Labute approximate surface area is 232 Å². The molecule has 2 N–H and O–H groups in total. The van der Waals surface area contributed by atoms with Crippen molar-refractivity contribution in [1.82, 2.24) is 10.2 Å². The SMILES string of the molecule is COc1cc(C2C(C(=O)c3cccs3)=C(O)C(=O)N2c2nnc(SCc3ccccc3)s2)cc(Br)c1O. The minimum absolute atomic E-state index is 0.0826. The molecule has 4 aromatic rings. The minimum atomic E-state index is -1.02. The summed E-state index contributed by atoms with van der Waals surface area (Å²) in [5, 5.41) is 31.7. The number of ketones is 1. The van der Waals surface area contributed by atoms with Gasteiger partial charge in [0.2, 0.25) is 10.9 Å². The van der Waals surface area contributed by atoms with Gasteiger partial charge in [-0.15, -0.1) is 21.5 Å². The third-order valence-corrected chi connectivity index (χ3v) is 9.19. The summed E-state index contributed by atoms with van der Waals surface area (Å²) >= 11 is 7.18. The second kappa shape index (κ2) is 10.7. The van der Waals surface area contributed by atoms with Crippen molar-refractivity contribution >= 4 is 67.2 Å². The molecule has 8 nitrogen and oxygen atoms in total. The fourth-order valence-corrected chi connectivity index (χ4v) is 6.84. The van der Waals surface area contributed by atoms with E-state index in [4.69, 9.17) is 4.74 Å². The summed E-state index contributed by atoms with van der Waals surface area (Å²) in [4.78, 5) is 28.5. The topological polar surface area (TPSA) is 113 Å². The van der Waals surface area contributed by atoms with Gasteiger partial charge in [0.25, 0.3) is 5.91 Å². The number of Topliss-reactive ketones (excluding diaryl/α,β-unsaturated/α-hetero) is 1. The molecule has 0 radical (unpaired) electrons. The Morgan fingerprint density at radius 1 is 1.16 bits per heavy atom. The standard InChI is InChI=1S/C25H18BrN3O5S3/c1-34-16-11-14(10-15(26)20(16)30)19-18(21(31)17-8-5-9-35-17)22(32)23(33)29(19)24-27-28-25(37-24)36-12-13-6-3-2-4-7-13/h2-11,19,30,32H,12H2,1H3. The van der Waals surface area contributed by atoms with Gasteiger partial charge in [-0.2, -0.15) is 0 Å². The molecule has 0 aliphatic carbocycles. The lowest BCUT2D eigenvalue weighted by Gasteiger charge is -2.24. The van der Waals surface area contributed by atoms with E-state index in [0.29, 0.717) is 25.0 Å². The van der Waals surface area contributed by atoms with E-state index in [1.54, 1.807) is 23.6 Å². The first-order valence-corrected chi connectivity index (χ1v) is 14.3. The summed E-state index contributed by atoms with van der Waals surface area (Å²) in [5.74, 6) is -1.20. The van der Waals surface area contributed by atoms with Crippen molar-refractivity contribution in [2.24, 2.45) is 0 Å². The van der Waals surface area contributed by atoms with E-state index in [0.717, 1.165) is 5.56 Å². The fraction of sp³-hybridized carbons (Fsp3) is 0.120. The number of rotatable bonds is 8. The van der Waals surface area contributed by atoms with Gasteiger partial charge in [-0.05, 0) is 50.6 Å². The highest BCUT2D eigenvalue weighted by atomic mass is 79.9. The van der Waals surface area contributed by atoms with Crippen LogP contribution in [0.4, 0.5) is 5.13 Å². The normalized spacial score (nSPS) is 15.5. The molecule has 0 spiro atoms. The highest BCUT2D eigenvalue weighted by molar-refractivity contribution is 9.10. The maximum Gasteiger partial charge on any atom is 0.296 e. The summed E-state index contributed by atoms with van der Waals surface area (Å²) in [6.45, 7) is 0. The lowest BCUT2D eigenvalue weighted by Crippen LogP contribution is -2.31. The molecule has 1 unspecified atom stereocenters. The fourth-order valence-electron chi connectivity index (χ4n) is 3.88. The van der Waals surface area contributed by atoms with Crippen molar-refractivity contribution in [3.8, 4) is 11.5 Å². The number of benzene rings is 2. The number of hydrogen-bond donors (Lipinski definition) is 2. The zero-order valence-electron chi connectivity index (χ0n) is 19.1. The predicted molar refractivity (Wildman–Crippen MR) is 147 cm³/mol. The Balaban J connectivity index is 1.56. The maximum atomic E-state index is 13.5. The Kier molecular flexibility index (Phi) is 7.33. The van der Waals surface area contributed by atoms with Crippen molar-refractivity contribution in [3.63, 3.8) is 0 Å². The van der Waals surface area contributed by atoms with Crippen LogP contribution in [0, 0.1) is 0 Å². The quantitative estimate of drug-likeness (QED) is 0.138. The van der Waals surface area contributed by atoms with Gasteiger partial charge in [-0.1, -0.05) is 59.5 Å². The van der Waals surface area contributed by atoms with Crippen molar-refractivity contribution in [2.45, 2.75) is 16.1 Å². The predicted octanol–water partition coefficient (Wildman–Crippen LogP) is 6.15. The second-order valence-electron chi connectivity index (χ2n) is 7.82. The molecule has 0 saturated carbocycles. The number of thioether (sulfide) groups is 1. The number of halogens is 1. The summed E-state index contributed by atoms with van der Waals surface area (Å²) in [6, 6.07) is 15.3. The highest BCUT2D eigenvalue weighted by Gasteiger charge is 2.46. The number of carbonyl (C=O) groups excluding carboxylic acids is 2. The van der Waals surface area contributed by atoms with Crippen LogP contribution in [0.25, 0.3) is 0 Å². The van der Waals surface area contributed by atoms with Crippen LogP contribution in [0.3, 0.4) is 0 Å². The number of anilines is 1. The Hall–Kier alpha value is -3.19. The Bertz CT molecular complexity index is 1510. The number of methoxy groups -OCH3 is 1. The van der Waals surface area contributed by atoms with Crippen LogP contribution in [0.2, 0.25) is 0 Å². The molecule has 1 aliphatic rings. The first kappa shape index (κ1) is 25.5. The zero-order valence-corrected chi connectivity index (χ0v) is 23.2. The van der Waals surface area contributed by atoms with Crippen LogP contribution in [0.15, 0.2) is 80.1 Å². The van der Waals surface area contributed by atoms with Crippen molar-refractivity contribution in [3.05, 3.63) is 91.8 Å². The van der Waals surface area contributed by atoms with Crippen LogP contribution in [0.1, 0.15) is 26.8 Å². The molecular formula is C25H18BrN3O5S3. The first-order valence-electron chi connectivity index (χ1n) is 10.8. The number of aromatic nitrogens is 2. The molecule has 3 heterocycles. The first-order chi connectivity index (χ1) is 17.9. The van der Waals surface area contributed by atoms with Gasteiger partial charge in [-0.3, -0.25) is 14.5 Å². The van der Waals surface area contributed by atoms with E-state index >= 15 is 0 Å². The number of nitrogens with zero attached hydrogens (tertiary/aromatic N) is 3. The van der Waals surface area contributed by atoms with Crippen LogP contribution >= 0.6 is 50.4 Å². The van der Waals surface area contributed by atoms with E-state index in [2.05, 4.69) is 26.1 Å². The molecule has 37 heavy (non-hydrogen) atoms. The van der Waals surface area contributed by atoms with Gasteiger partial charge in [0, 0.05) is 5.75 Å². The zero-order chi connectivity index (χ0) is 26.1. The van der Waals surface area contributed by atoms with Gasteiger partial charge >= 0.3 is 0 Å². The van der Waals surface area contributed by atoms with E-state index in [-0.39, 0.29) is 22.2 Å². The molecule has 12 heteroatoms. The summed E-state index contributed by atoms with van der Waals surface area (Å²) in [6.07, 6.45) is 0. The molecule has 1 aliphatic heterocycles. The molecular weight excluding hydrogens is 598 g/mol.